The molecule has 0 aromatic heterocycles. The third-order valence-electron chi connectivity index (χ3n) is 4.04. The zero-order valence-corrected chi connectivity index (χ0v) is 16.1. The Bertz CT molecular complexity index is 689. The topological polar surface area (TPSA) is 88.2 Å². The maximum Gasteiger partial charge on any atom is 0.240 e. The van der Waals surface area contributed by atoms with Crippen molar-refractivity contribution in [2.24, 2.45) is 0 Å². The molecular weight excluding hydrogens is 358 g/mol. The number of carbonyl (C=O) groups excluding carboxylic acids is 1. The summed E-state index contributed by atoms with van der Waals surface area (Å²) in [7, 11) is -2.03. The summed E-state index contributed by atoms with van der Waals surface area (Å²) in [4.78, 5) is 14.3. The highest BCUT2D eigenvalue weighted by Crippen LogP contribution is 2.31. The molecule has 1 heterocycles. The molecule has 1 saturated heterocycles. The van der Waals surface area contributed by atoms with Gasteiger partial charge in [-0.05, 0) is 18.6 Å². The van der Waals surface area contributed by atoms with Crippen molar-refractivity contribution in [2.75, 3.05) is 68.6 Å². The number of amides is 1. The molecule has 146 valence electrons. The standard InChI is InChI=1S/C17H27N3O5S/c1-24-11-5-8-18-17(21)14-20(26(2,22)23)16-7-4-3-6-15(16)19-9-12-25-13-10-19/h3-4,6-7H,5,8-14H2,1-2H3,(H,18,21). The van der Waals surface area contributed by atoms with E-state index in [1.807, 2.05) is 12.1 Å². The van der Waals surface area contributed by atoms with E-state index in [4.69, 9.17) is 9.47 Å². The SMILES string of the molecule is COCCCNC(=O)CN(c1ccccc1N1CCOCC1)S(C)(=O)=O. The van der Waals surface area contributed by atoms with Crippen LogP contribution in [0.2, 0.25) is 0 Å². The van der Waals surface area contributed by atoms with Gasteiger partial charge < -0.3 is 19.7 Å². The molecule has 1 aromatic rings. The number of methoxy groups -OCH3 is 1. The molecule has 1 N–H and O–H groups in total. The fraction of sp³-hybridized carbons (Fsp3) is 0.588. The number of hydrogen-bond acceptors (Lipinski definition) is 6. The molecule has 0 radical (unpaired) electrons. The van der Waals surface area contributed by atoms with Gasteiger partial charge in [-0.2, -0.15) is 0 Å². The zero-order valence-electron chi connectivity index (χ0n) is 15.3. The van der Waals surface area contributed by atoms with Gasteiger partial charge in [-0.25, -0.2) is 8.42 Å². The largest absolute Gasteiger partial charge is 0.385 e. The van der Waals surface area contributed by atoms with Crippen LogP contribution in [-0.4, -0.2) is 73.7 Å². The van der Waals surface area contributed by atoms with Gasteiger partial charge in [-0.3, -0.25) is 9.10 Å². The van der Waals surface area contributed by atoms with Crippen LogP contribution in [0, 0.1) is 0 Å². The van der Waals surface area contributed by atoms with Crippen LogP contribution in [0.5, 0.6) is 0 Å². The average Bonchev–Trinajstić information content (AvgIpc) is 2.63. The quantitative estimate of drug-likeness (QED) is 0.621. The summed E-state index contributed by atoms with van der Waals surface area (Å²) in [5.41, 5.74) is 1.29. The van der Waals surface area contributed by atoms with Crippen molar-refractivity contribution in [3.05, 3.63) is 24.3 Å². The molecule has 0 unspecified atom stereocenters. The van der Waals surface area contributed by atoms with Crippen molar-refractivity contribution in [1.82, 2.24) is 5.32 Å². The van der Waals surface area contributed by atoms with E-state index < -0.39 is 10.0 Å². The number of morpholine rings is 1. The van der Waals surface area contributed by atoms with E-state index in [2.05, 4.69) is 10.2 Å². The number of hydrogen-bond donors (Lipinski definition) is 1. The lowest BCUT2D eigenvalue weighted by Crippen LogP contribution is -2.42. The highest BCUT2D eigenvalue weighted by atomic mass is 32.2. The maximum absolute atomic E-state index is 12.4. The first-order valence-corrected chi connectivity index (χ1v) is 10.4. The molecule has 26 heavy (non-hydrogen) atoms. The second kappa shape index (κ2) is 9.75. The summed E-state index contributed by atoms with van der Waals surface area (Å²) >= 11 is 0. The molecule has 1 fully saturated rings. The molecule has 0 spiro atoms. The molecule has 0 bridgehead atoms. The number of nitrogens with one attached hydrogen (secondary N) is 1. The van der Waals surface area contributed by atoms with Crippen molar-refractivity contribution < 1.29 is 22.7 Å². The molecule has 0 atom stereocenters. The third kappa shape index (κ3) is 5.86. The Balaban J connectivity index is 2.18. The first kappa shape index (κ1) is 20.5. The van der Waals surface area contributed by atoms with Crippen LogP contribution in [0.15, 0.2) is 24.3 Å². The number of ether oxygens (including phenoxy) is 2. The fourth-order valence-corrected chi connectivity index (χ4v) is 3.62. The summed E-state index contributed by atoms with van der Waals surface area (Å²) < 4.78 is 36.2. The van der Waals surface area contributed by atoms with Crippen LogP contribution >= 0.6 is 0 Å². The molecule has 0 saturated carbocycles. The van der Waals surface area contributed by atoms with Gasteiger partial charge in [0.05, 0.1) is 30.8 Å². The van der Waals surface area contributed by atoms with Crippen molar-refractivity contribution in [3.8, 4) is 0 Å². The molecule has 2 rings (SSSR count). The minimum atomic E-state index is -3.62. The van der Waals surface area contributed by atoms with Gasteiger partial charge in [0.15, 0.2) is 0 Å². The third-order valence-corrected chi connectivity index (χ3v) is 5.16. The number of rotatable bonds is 9. The van der Waals surface area contributed by atoms with Gasteiger partial charge in [0.2, 0.25) is 15.9 Å². The number of anilines is 2. The molecule has 1 aromatic carbocycles. The van der Waals surface area contributed by atoms with Crippen molar-refractivity contribution in [1.29, 1.82) is 0 Å². The number of nitrogens with zero attached hydrogens (tertiary/aromatic N) is 2. The highest BCUT2D eigenvalue weighted by molar-refractivity contribution is 7.92. The number of carbonyl (C=O) groups is 1. The van der Waals surface area contributed by atoms with Gasteiger partial charge in [-0.1, -0.05) is 12.1 Å². The fourth-order valence-electron chi connectivity index (χ4n) is 2.76. The molecule has 1 aliphatic heterocycles. The van der Waals surface area contributed by atoms with Crippen molar-refractivity contribution >= 4 is 27.3 Å². The van der Waals surface area contributed by atoms with Gasteiger partial charge in [-0.15, -0.1) is 0 Å². The zero-order chi connectivity index (χ0) is 19.0. The van der Waals surface area contributed by atoms with Crippen LogP contribution in [0.4, 0.5) is 11.4 Å². The Hall–Kier alpha value is -1.84. The first-order chi connectivity index (χ1) is 12.4. The van der Waals surface area contributed by atoms with E-state index in [0.29, 0.717) is 51.6 Å². The van der Waals surface area contributed by atoms with E-state index in [1.54, 1.807) is 19.2 Å². The van der Waals surface area contributed by atoms with Gasteiger partial charge in [0, 0.05) is 33.4 Å². The van der Waals surface area contributed by atoms with Gasteiger partial charge in [0.1, 0.15) is 6.54 Å². The lowest BCUT2D eigenvalue weighted by atomic mass is 10.2. The van der Waals surface area contributed by atoms with Gasteiger partial charge >= 0.3 is 0 Å². The lowest BCUT2D eigenvalue weighted by molar-refractivity contribution is -0.119. The summed E-state index contributed by atoms with van der Waals surface area (Å²) in [5, 5.41) is 2.73. The molecular formula is C17H27N3O5S. The second-order valence-corrected chi connectivity index (χ2v) is 7.96. The Morgan fingerprint density at radius 2 is 2.00 bits per heavy atom. The number of benzene rings is 1. The van der Waals surface area contributed by atoms with E-state index in [9.17, 15) is 13.2 Å². The number of para-hydroxylation sites is 2. The van der Waals surface area contributed by atoms with Crippen LogP contribution in [-0.2, 0) is 24.3 Å². The highest BCUT2D eigenvalue weighted by Gasteiger charge is 2.25. The van der Waals surface area contributed by atoms with E-state index in [0.717, 1.165) is 16.2 Å². The summed E-state index contributed by atoms with van der Waals surface area (Å²) in [5.74, 6) is -0.344. The normalized spacial score (nSPS) is 14.9. The van der Waals surface area contributed by atoms with E-state index in [-0.39, 0.29) is 12.5 Å². The molecule has 9 heteroatoms. The molecule has 0 aliphatic carbocycles. The minimum absolute atomic E-state index is 0.257. The summed E-state index contributed by atoms with van der Waals surface area (Å²) in [6.07, 6.45) is 1.78. The maximum atomic E-state index is 12.4. The molecule has 1 aliphatic rings. The summed E-state index contributed by atoms with van der Waals surface area (Å²) in [6, 6.07) is 7.23. The average molecular weight is 385 g/mol. The van der Waals surface area contributed by atoms with E-state index in [1.165, 1.54) is 0 Å². The van der Waals surface area contributed by atoms with Crippen LogP contribution < -0.4 is 14.5 Å². The van der Waals surface area contributed by atoms with Crippen molar-refractivity contribution in [3.63, 3.8) is 0 Å². The monoisotopic (exact) mass is 385 g/mol. The predicted molar refractivity (Wildman–Crippen MR) is 101 cm³/mol. The lowest BCUT2D eigenvalue weighted by Gasteiger charge is -2.33. The van der Waals surface area contributed by atoms with Crippen LogP contribution in [0.3, 0.4) is 0 Å². The van der Waals surface area contributed by atoms with Crippen LogP contribution in [0.1, 0.15) is 6.42 Å². The Labute approximate surface area is 155 Å². The Morgan fingerprint density at radius 3 is 2.65 bits per heavy atom. The predicted octanol–water partition coefficient (Wildman–Crippen LogP) is 0.442. The first-order valence-electron chi connectivity index (χ1n) is 8.58. The van der Waals surface area contributed by atoms with Gasteiger partial charge in [0.25, 0.3) is 0 Å². The van der Waals surface area contributed by atoms with Crippen LogP contribution in [0.25, 0.3) is 0 Å². The Kier molecular flexibility index (Phi) is 7.67. The smallest absolute Gasteiger partial charge is 0.240 e. The minimum Gasteiger partial charge on any atom is -0.385 e. The molecule has 8 nitrogen and oxygen atoms in total. The second-order valence-electron chi connectivity index (χ2n) is 6.05. The molecule has 1 amide bonds. The summed E-state index contributed by atoms with van der Waals surface area (Å²) in [6.45, 7) is 3.26. The Morgan fingerprint density at radius 1 is 1.31 bits per heavy atom. The van der Waals surface area contributed by atoms with E-state index >= 15 is 0 Å². The van der Waals surface area contributed by atoms with Crippen molar-refractivity contribution in [2.45, 2.75) is 6.42 Å². The number of sulfonamides is 1.